The van der Waals surface area contributed by atoms with Gasteiger partial charge >= 0.3 is 12.1 Å². The second-order valence-corrected chi connectivity index (χ2v) is 9.32. The van der Waals surface area contributed by atoms with Gasteiger partial charge in [-0.3, -0.25) is 4.84 Å². The fourth-order valence-electron chi connectivity index (χ4n) is 4.02. The number of carbonyl (C=O) groups excluding carboxylic acids is 2. The molecule has 1 unspecified atom stereocenters. The molecule has 2 aromatic rings. The second-order valence-electron chi connectivity index (χ2n) is 9.32. The zero-order chi connectivity index (χ0) is 22.9. The lowest BCUT2D eigenvalue weighted by Gasteiger charge is -2.28. The Balaban J connectivity index is 1.37. The summed E-state index contributed by atoms with van der Waals surface area (Å²) in [7, 11) is 1.65. The number of urea groups is 1. The number of rotatable bonds is 6. The number of carbonyl (C=O) groups is 2. The summed E-state index contributed by atoms with van der Waals surface area (Å²) in [6.07, 6.45) is 1.16. The summed E-state index contributed by atoms with van der Waals surface area (Å²) in [6.45, 7) is 6.65. The van der Waals surface area contributed by atoms with Crippen LogP contribution < -0.4 is 0 Å². The summed E-state index contributed by atoms with van der Waals surface area (Å²) in [5.41, 5.74) is 1.14. The number of hydroxylamine groups is 2. The highest BCUT2D eigenvalue weighted by Crippen LogP contribution is 2.38. The maximum Gasteiger partial charge on any atom is 0.410 e. The van der Waals surface area contributed by atoms with Crippen LogP contribution in [0.15, 0.2) is 40.9 Å². The third-order valence-electron chi connectivity index (χ3n) is 5.55. The van der Waals surface area contributed by atoms with Crippen molar-refractivity contribution >= 4 is 12.1 Å². The molecule has 0 aliphatic carbocycles. The molecule has 3 heterocycles. The molecule has 9 nitrogen and oxygen atoms in total. The Labute approximate surface area is 187 Å². The number of piperidine rings is 1. The molecule has 0 spiro atoms. The monoisotopic (exact) mass is 442 g/mol. The first-order chi connectivity index (χ1) is 15.2. The largest absolute Gasteiger partial charge is 0.444 e. The standard InChI is InChI=1S/C23H30N4O5/c1-23(2,3)31-22(29)25(4)14-18-12-19(24-32-18)20-11-10-17-13-26(20)21(28)27(17)30-15-16-8-6-5-7-9-16/h5-9,12,17,20H,10-11,13-15H2,1-4H3/t17-,20?/m1/s1. The molecule has 1 aromatic heterocycles. The van der Waals surface area contributed by atoms with Crippen LogP contribution in [0.4, 0.5) is 9.59 Å². The Morgan fingerprint density at radius 3 is 2.72 bits per heavy atom. The minimum atomic E-state index is -0.568. The van der Waals surface area contributed by atoms with E-state index in [1.165, 1.54) is 9.96 Å². The van der Waals surface area contributed by atoms with Crippen LogP contribution in [0.1, 0.15) is 56.7 Å². The molecule has 2 aliphatic rings. The summed E-state index contributed by atoms with van der Waals surface area (Å²) in [6, 6.07) is 11.3. The van der Waals surface area contributed by atoms with Gasteiger partial charge in [-0.1, -0.05) is 35.5 Å². The second kappa shape index (κ2) is 8.82. The SMILES string of the molecule is CN(Cc1cc(C2CC[C@@H]3CN2C(=O)N3OCc2ccccc2)no1)C(=O)OC(C)(C)C. The van der Waals surface area contributed by atoms with Crippen molar-refractivity contribution in [2.24, 2.45) is 0 Å². The van der Waals surface area contributed by atoms with E-state index in [0.717, 1.165) is 18.4 Å². The van der Waals surface area contributed by atoms with Gasteiger partial charge < -0.3 is 19.1 Å². The van der Waals surface area contributed by atoms with E-state index in [9.17, 15) is 9.59 Å². The number of hydrogen-bond donors (Lipinski definition) is 0. The van der Waals surface area contributed by atoms with E-state index in [-0.39, 0.29) is 24.7 Å². The zero-order valence-electron chi connectivity index (χ0n) is 19.0. The zero-order valence-corrected chi connectivity index (χ0v) is 19.0. The van der Waals surface area contributed by atoms with E-state index >= 15 is 0 Å². The first-order valence-corrected chi connectivity index (χ1v) is 10.9. The van der Waals surface area contributed by atoms with Gasteiger partial charge in [-0.05, 0) is 39.2 Å². The molecule has 4 rings (SSSR count). The summed E-state index contributed by atoms with van der Waals surface area (Å²) < 4.78 is 10.8. The number of hydrogen-bond acceptors (Lipinski definition) is 6. The molecule has 32 heavy (non-hydrogen) atoms. The average Bonchev–Trinajstić information content (AvgIpc) is 3.30. The van der Waals surface area contributed by atoms with Crippen LogP contribution in [0.2, 0.25) is 0 Å². The van der Waals surface area contributed by atoms with Crippen molar-refractivity contribution in [2.75, 3.05) is 13.6 Å². The van der Waals surface area contributed by atoms with Gasteiger partial charge in [0.1, 0.15) is 17.9 Å². The van der Waals surface area contributed by atoms with Crippen molar-refractivity contribution in [3.8, 4) is 0 Å². The maximum absolute atomic E-state index is 13.0. The van der Waals surface area contributed by atoms with Gasteiger partial charge in [-0.2, -0.15) is 5.06 Å². The van der Waals surface area contributed by atoms with Crippen LogP contribution in [-0.4, -0.2) is 57.4 Å². The Hall–Kier alpha value is -3.07. The summed E-state index contributed by atoms with van der Waals surface area (Å²) in [4.78, 5) is 34.3. The molecule has 3 amide bonds. The fourth-order valence-corrected chi connectivity index (χ4v) is 4.02. The minimum absolute atomic E-state index is 0.0344. The molecular weight excluding hydrogens is 412 g/mol. The lowest BCUT2D eigenvalue weighted by molar-refractivity contribution is -0.140. The molecule has 2 saturated heterocycles. The summed E-state index contributed by atoms with van der Waals surface area (Å²) in [5, 5.41) is 5.69. The number of benzene rings is 1. The molecule has 2 aliphatic heterocycles. The van der Waals surface area contributed by atoms with Gasteiger partial charge in [0.25, 0.3) is 0 Å². The van der Waals surface area contributed by atoms with Crippen molar-refractivity contribution < 1.29 is 23.7 Å². The van der Waals surface area contributed by atoms with Crippen molar-refractivity contribution in [2.45, 2.75) is 64.4 Å². The molecule has 2 atom stereocenters. The molecule has 0 radical (unpaired) electrons. The normalized spacial score (nSPS) is 20.6. The third kappa shape index (κ3) is 4.88. The Kier molecular flexibility index (Phi) is 6.10. The minimum Gasteiger partial charge on any atom is -0.444 e. The first-order valence-electron chi connectivity index (χ1n) is 10.9. The lowest BCUT2D eigenvalue weighted by Crippen LogP contribution is -2.34. The van der Waals surface area contributed by atoms with E-state index in [1.54, 1.807) is 11.9 Å². The van der Waals surface area contributed by atoms with Crippen LogP contribution >= 0.6 is 0 Å². The molecule has 0 saturated carbocycles. The van der Waals surface area contributed by atoms with Gasteiger partial charge in [-0.15, -0.1) is 0 Å². The molecule has 1 aromatic carbocycles. The van der Waals surface area contributed by atoms with Crippen LogP contribution in [0.3, 0.4) is 0 Å². The van der Waals surface area contributed by atoms with E-state index < -0.39 is 11.7 Å². The molecule has 172 valence electrons. The Morgan fingerprint density at radius 1 is 1.25 bits per heavy atom. The van der Waals surface area contributed by atoms with Crippen molar-refractivity contribution in [3.05, 3.63) is 53.4 Å². The predicted octanol–water partition coefficient (Wildman–Crippen LogP) is 4.11. The smallest absolute Gasteiger partial charge is 0.410 e. The number of nitrogens with zero attached hydrogens (tertiary/aromatic N) is 4. The molecule has 2 bridgehead atoms. The van der Waals surface area contributed by atoms with Gasteiger partial charge in [0.05, 0.1) is 18.6 Å². The maximum atomic E-state index is 13.0. The summed E-state index contributed by atoms with van der Waals surface area (Å²) >= 11 is 0. The Morgan fingerprint density at radius 2 is 2.00 bits per heavy atom. The van der Waals surface area contributed by atoms with Crippen LogP contribution in [0.5, 0.6) is 0 Å². The molecule has 2 fully saturated rings. The van der Waals surface area contributed by atoms with Crippen molar-refractivity contribution in [1.82, 2.24) is 20.0 Å². The highest BCUT2D eigenvalue weighted by atomic mass is 16.7. The van der Waals surface area contributed by atoms with Gasteiger partial charge in [0.2, 0.25) is 0 Å². The molecular formula is C23H30N4O5. The first kappa shape index (κ1) is 22.1. The number of aromatic nitrogens is 1. The van der Waals surface area contributed by atoms with Crippen molar-refractivity contribution in [1.29, 1.82) is 0 Å². The number of ether oxygens (including phenoxy) is 1. The van der Waals surface area contributed by atoms with E-state index in [1.807, 2.05) is 57.2 Å². The highest BCUT2D eigenvalue weighted by Gasteiger charge is 2.47. The van der Waals surface area contributed by atoms with E-state index in [4.69, 9.17) is 14.1 Å². The topological polar surface area (TPSA) is 88.4 Å². The van der Waals surface area contributed by atoms with Crippen LogP contribution in [0, 0.1) is 0 Å². The van der Waals surface area contributed by atoms with Gasteiger partial charge in [0.15, 0.2) is 5.76 Å². The van der Waals surface area contributed by atoms with E-state index in [0.29, 0.717) is 24.6 Å². The lowest BCUT2D eigenvalue weighted by atomic mass is 9.98. The highest BCUT2D eigenvalue weighted by molar-refractivity contribution is 5.77. The van der Waals surface area contributed by atoms with Crippen molar-refractivity contribution in [3.63, 3.8) is 0 Å². The quantitative estimate of drug-likeness (QED) is 0.669. The number of fused-ring (bicyclic) bond motifs is 2. The summed E-state index contributed by atoms with van der Waals surface area (Å²) in [5.74, 6) is 0.541. The fraction of sp³-hybridized carbons (Fsp3) is 0.522. The van der Waals surface area contributed by atoms with Gasteiger partial charge in [0, 0.05) is 19.7 Å². The van der Waals surface area contributed by atoms with Crippen LogP contribution in [0.25, 0.3) is 0 Å². The Bertz CT molecular complexity index is 955. The van der Waals surface area contributed by atoms with Gasteiger partial charge in [-0.25, -0.2) is 9.59 Å². The van der Waals surface area contributed by atoms with E-state index in [2.05, 4.69) is 5.16 Å². The predicted molar refractivity (Wildman–Crippen MR) is 115 cm³/mol. The number of amides is 3. The molecule has 9 heteroatoms. The van der Waals surface area contributed by atoms with Crippen LogP contribution in [-0.2, 0) is 22.7 Å². The molecule has 0 N–H and O–H groups in total. The third-order valence-corrected chi connectivity index (χ3v) is 5.55. The average molecular weight is 443 g/mol.